The summed E-state index contributed by atoms with van der Waals surface area (Å²) in [4.78, 5) is 15.4. The predicted molar refractivity (Wildman–Crippen MR) is 85.3 cm³/mol. The number of benzene rings is 1. The molecule has 0 saturated heterocycles. The van der Waals surface area contributed by atoms with Gasteiger partial charge in [-0.15, -0.1) is 11.3 Å². The number of carbonyl (C=O) groups is 1. The van der Waals surface area contributed by atoms with Gasteiger partial charge in [0.25, 0.3) is 0 Å². The van der Waals surface area contributed by atoms with Crippen LogP contribution < -0.4 is 5.32 Å². The lowest BCUT2D eigenvalue weighted by molar-refractivity contribution is -0.139. The van der Waals surface area contributed by atoms with E-state index >= 15 is 0 Å². The van der Waals surface area contributed by atoms with Crippen molar-refractivity contribution in [3.05, 3.63) is 37.7 Å². The van der Waals surface area contributed by atoms with Gasteiger partial charge in [-0.25, -0.2) is 4.98 Å². The van der Waals surface area contributed by atoms with Crippen molar-refractivity contribution in [1.82, 2.24) is 4.98 Å². The molecule has 8 heteroatoms. The Morgan fingerprint density at radius 1 is 1.45 bits per heavy atom. The number of hydrogen-bond donors (Lipinski definition) is 1. The lowest BCUT2D eigenvalue weighted by atomic mass is 10.3. The number of nitrogens with zero attached hydrogens (tertiary/aromatic N) is 1. The van der Waals surface area contributed by atoms with E-state index < -0.39 is 0 Å². The van der Waals surface area contributed by atoms with Gasteiger partial charge in [-0.2, -0.15) is 0 Å². The zero-order chi connectivity index (χ0) is 14.7. The van der Waals surface area contributed by atoms with Crippen molar-refractivity contribution in [2.24, 2.45) is 0 Å². The molecule has 0 bridgehead atoms. The summed E-state index contributed by atoms with van der Waals surface area (Å²) in [6.45, 7) is 0. The molecule has 0 fully saturated rings. The first-order valence-corrected chi connectivity index (χ1v) is 7.85. The van der Waals surface area contributed by atoms with Gasteiger partial charge in [0.05, 0.1) is 35.0 Å². The number of aromatic nitrogens is 1. The van der Waals surface area contributed by atoms with Gasteiger partial charge in [-0.05, 0) is 12.1 Å². The maximum Gasteiger partial charge on any atom is 0.311 e. The van der Waals surface area contributed by atoms with Crippen molar-refractivity contribution in [2.75, 3.05) is 12.4 Å². The van der Waals surface area contributed by atoms with E-state index in [1.54, 1.807) is 17.5 Å². The van der Waals surface area contributed by atoms with Crippen molar-refractivity contribution in [2.45, 2.75) is 6.42 Å². The van der Waals surface area contributed by atoms with Crippen LogP contribution in [0.4, 0.5) is 10.8 Å². The molecule has 0 unspecified atom stereocenters. The number of rotatable bonds is 4. The van der Waals surface area contributed by atoms with Crippen LogP contribution in [0, 0.1) is 0 Å². The molecule has 1 aromatic heterocycles. The van der Waals surface area contributed by atoms with E-state index in [1.165, 1.54) is 18.4 Å². The molecule has 0 radical (unpaired) electrons. The number of ether oxygens (including phenoxy) is 1. The van der Waals surface area contributed by atoms with Crippen LogP contribution in [0.1, 0.15) is 5.69 Å². The number of hydrogen-bond acceptors (Lipinski definition) is 5. The van der Waals surface area contributed by atoms with Crippen molar-refractivity contribution >= 4 is 67.3 Å². The maximum atomic E-state index is 11.2. The number of anilines is 2. The van der Waals surface area contributed by atoms with E-state index in [2.05, 4.69) is 31.0 Å². The topological polar surface area (TPSA) is 51.2 Å². The van der Waals surface area contributed by atoms with E-state index in [-0.39, 0.29) is 12.4 Å². The first kappa shape index (κ1) is 15.6. The Bertz CT molecular complexity index is 625. The van der Waals surface area contributed by atoms with Crippen LogP contribution in [-0.4, -0.2) is 18.1 Å². The molecular formula is C12H9BrCl2N2O2S. The summed E-state index contributed by atoms with van der Waals surface area (Å²) in [5.41, 5.74) is 1.21. The molecule has 106 valence electrons. The fraction of sp³-hybridized carbons (Fsp3) is 0.167. The molecular weight excluding hydrogens is 387 g/mol. The first-order valence-electron chi connectivity index (χ1n) is 5.42. The van der Waals surface area contributed by atoms with Crippen LogP contribution in [0.2, 0.25) is 10.0 Å². The number of halogens is 3. The first-order chi connectivity index (χ1) is 9.49. The molecule has 0 amide bonds. The quantitative estimate of drug-likeness (QED) is 0.764. The fourth-order valence-corrected chi connectivity index (χ4v) is 3.45. The molecule has 20 heavy (non-hydrogen) atoms. The smallest absolute Gasteiger partial charge is 0.311 e. The second kappa shape index (κ2) is 6.76. The Labute approximate surface area is 138 Å². The lowest BCUT2D eigenvalue weighted by Crippen LogP contribution is -2.04. The highest BCUT2D eigenvalue weighted by Gasteiger charge is 2.11. The summed E-state index contributed by atoms with van der Waals surface area (Å²) < 4.78 is 5.39. The minimum Gasteiger partial charge on any atom is -0.469 e. The van der Waals surface area contributed by atoms with Crippen LogP contribution in [-0.2, 0) is 16.0 Å². The zero-order valence-electron chi connectivity index (χ0n) is 10.2. The Morgan fingerprint density at radius 3 is 2.70 bits per heavy atom. The second-order valence-corrected chi connectivity index (χ2v) is 6.35. The van der Waals surface area contributed by atoms with Gasteiger partial charge in [0.2, 0.25) is 0 Å². The average molecular weight is 396 g/mol. The maximum absolute atomic E-state index is 11.2. The number of esters is 1. The number of nitrogens with one attached hydrogen (secondary N) is 1. The Hall–Kier alpha value is -0.820. The molecule has 0 aliphatic rings. The monoisotopic (exact) mass is 394 g/mol. The molecule has 2 rings (SSSR count). The summed E-state index contributed by atoms with van der Waals surface area (Å²) in [6.07, 6.45) is 0.135. The summed E-state index contributed by atoms with van der Waals surface area (Å²) in [5.74, 6) is -0.332. The summed E-state index contributed by atoms with van der Waals surface area (Å²) in [6, 6.07) is 3.47. The highest BCUT2D eigenvalue weighted by Crippen LogP contribution is 2.36. The van der Waals surface area contributed by atoms with Crippen molar-refractivity contribution in [3.63, 3.8) is 0 Å². The molecule has 0 aliphatic carbocycles. The molecule has 0 saturated carbocycles. The van der Waals surface area contributed by atoms with Crippen LogP contribution in [0.25, 0.3) is 0 Å². The van der Waals surface area contributed by atoms with Gasteiger partial charge >= 0.3 is 5.97 Å². The van der Waals surface area contributed by atoms with Gasteiger partial charge in [0, 0.05) is 9.85 Å². The molecule has 0 spiro atoms. The Morgan fingerprint density at radius 2 is 2.10 bits per heavy atom. The Kier molecular flexibility index (Phi) is 5.26. The SMILES string of the molecule is COC(=O)Cc1csc(Nc2c(Cl)cc(Br)cc2Cl)n1. The number of thiazole rings is 1. The van der Waals surface area contributed by atoms with Crippen molar-refractivity contribution in [3.8, 4) is 0 Å². The van der Waals surface area contributed by atoms with Crippen LogP contribution in [0.5, 0.6) is 0 Å². The van der Waals surface area contributed by atoms with Crippen molar-refractivity contribution < 1.29 is 9.53 Å². The second-order valence-electron chi connectivity index (χ2n) is 3.77. The Balaban J connectivity index is 2.17. The molecule has 1 heterocycles. The molecule has 4 nitrogen and oxygen atoms in total. The minimum atomic E-state index is -0.332. The minimum absolute atomic E-state index is 0.135. The molecule has 0 aliphatic heterocycles. The standard InChI is InChI=1S/C12H9BrCl2N2O2S/c1-19-10(18)4-7-5-20-12(16-7)17-11-8(14)2-6(13)3-9(11)15/h2-3,5H,4H2,1H3,(H,16,17). The highest BCUT2D eigenvalue weighted by atomic mass is 79.9. The van der Waals surface area contributed by atoms with Crippen LogP contribution in [0.3, 0.4) is 0 Å². The van der Waals surface area contributed by atoms with Gasteiger partial charge in [-0.1, -0.05) is 39.1 Å². The highest BCUT2D eigenvalue weighted by molar-refractivity contribution is 9.10. The zero-order valence-corrected chi connectivity index (χ0v) is 14.2. The van der Waals surface area contributed by atoms with E-state index in [0.717, 1.165) is 4.47 Å². The number of carbonyl (C=O) groups excluding carboxylic acids is 1. The van der Waals surface area contributed by atoms with Gasteiger partial charge < -0.3 is 10.1 Å². The van der Waals surface area contributed by atoms with Gasteiger partial charge in [0.1, 0.15) is 0 Å². The van der Waals surface area contributed by atoms with Crippen LogP contribution >= 0.6 is 50.5 Å². The number of methoxy groups -OCH3 is 1. The normalized spacial score (nSPS) is 10.4. The average Bonchev–Trinajstić information content (AvgIpc) is 2.81. The third-order valence-electron chi connectivity index (χ3n) is 2.34. The van der Waals surface area contributed by atoms with Crippen molar-refractivity contribution in [1.29, 1.82) is 0 Å². The van der Waals surface area contributed by atoms with Gasteiger partial charge in [-0.3, -0.25) is 4.79 Å². The summed E-state index contributed by atoms with van der Waals surface area (Å²) >= 11 is 16.9. The molecule has 2 aromatic rings. The predicted octanol–water partition coefficient (Wildman–Crippen LogP) is 4.67. The van der Waals surface area contributed by atoms with Crippen LogP contribution in [0.15, 0.2) is 22.0 Å². The summed E-state index contributed by atoms with van der Waals surface area (Å²) in [5, 5.41) is 6.40. The molecule has 1 N–H and O–H groups in total. The van der Waals surface area contributed by atoms with E-state index in [1.807, 2.05) is 0 Å². The summed E-state index contributed by atoms with van der Waals surface area (Å²) in [7, 11) is 1.34. The molecule has 0 atom stereocenters. The molecule has 1 aromatic carbocycles. The lowest BCUT2D eigenvalue weighted by Gasteiger charge is -2.08. The third-order valence-corrected chi connectivity index (χ3v) is 4.20. The van der Waals surface area contributed by atoms with E-state index in [4.69, 9.17) is 23.2 Å². The van der Waals surface area contributed by atoms with E-state index in [0.29, 0.717) is 26.6 Å². The fourth-order valence-electron chi connectivity index (χ4n) is 1.43. The largest absolute Gasteiger partial charge is 0.469 e. The van der Waals surface area contributed by atoms with Gasteiger partial charge in [0.15, 0.2) is 5.13 Å². The third kappa shape index (κ3) is 3.85. The van der Waals surface area contributed by atoms with E-state index in [9.17, 15) is 4.79 Å².